The van der Waals surface area contributed by atoms with Crippen molar-refractivity contribution in [3.63, 3.8) is 0 Å². The Labute approximate surface area is 290 Å². The smallest absolute Gasteiger partial charge is 0.303 e. The second kappa shape index (κ2) is 17.1. The van der Waals surface area contributed by atoms with Crippen LogP contribution in [0.15, 0.2) is 48.5 Å². The number of nitrogens with one attached hydrogen (secondary N) is 2. The third-order valence-corrected chi connectivity index (χ3v) is 10.1. The van der Waals surface area contributed by atoms with Crippen molar-refractivity contribution < 1.29 is 34.1 Å². The quantitative estimate of drug-likeness (QED) is 0.173. The number of unbranched alkanes of at least 4 members (excludes halogenated alkanes) is 2. The summed E-state index contributed by atoms with van der Waals surface area (Å²) in [6.07, 6.45) is 8.35. The van der Waals surface area contributed by atoms with Gasteiger partial charge in [-0.05, 0) is 88.5 Å². The van der Waals surface area contributed by atoms with Gasteiger partial charge in [0.2, 0.25) is 11.8 Å². The summed E-state index contributed by atoms with van der Waals surface area (Å²) < 4.78 is 13.4. The highest BCUT2D eigenvalue weighted by Crippen LogP contribution is 2.42. The second-order valence-electron chi connectivity index (χ2n) is 15.1. The van der Waals surface area contributed by atoms with E-state index in [-0.39, 0.29) is 48.6 Å². The molecule has 1 saturated carbocycles. The highest BCUT2D eigenvalue weighted by Gasteiger charge is 2.44. The summed E-state index contributed by atoms with van der Waals surface area (Å²) in [7, 11) is 0. The van der Waals surface area contributed by atoms with Crippen molar-refractivity contribution in [1.29, 1.82) is 0 Å². The van der Waals surface area contributed by atoms with Gasteiger partial charge in [-0.15, -0.1) is 0 Å². The van der Waals surface area contributed by atoms with Crippen LogP contribution >= 0.6 is 0 Å². The van der Waals surface area contributed by atoms with Gasteiger partial charge in [-0.1, -0.05) is 55.7 Å². The maximum Gasteiger partial charge on any atom is 0.303 e. The minimum atomic E-state index is -0.819. The number of benzene rings is 2. The predicted octanol–water partition coefficient (Wildman–Crippen LogP) is 6.64. The molecule has 5 rings (SSSR count). The number of fused-ring (bicyclic) bond motifs is 1. The van der Waals surface area contributed by atoms with E-state index in [9.17, 15) is 19.5 Å². The van der Waals surface area contributed by atoms with E-state index < -0.39 is 12.3 Å². The minimum Gasteiger partial charge on any atom is -0.481 e. The number of carbonyl (C=O) groups excluding carboxylic acids is 2. The molecule has 2 aromatic carbocycles. The monoisotopic (exact) mass is 677 g/mol. The SMILES string of the molecule is CC(C)(C)NC(=O)[C@H]1CC[C@H]2CCCC[C@H]2N1C[C@@H]1C[C@H](c2ccc(CO)cc2)O[C@H](c2cccc(NC(=O)CCCCCC(=O)O)c2)O1. The van der Waals surface area contributed by atoms with Gasteiger partial charge in [0.1, 0.15) is 0 Å². The van der Waals surface area contributed by atoms with Crippen LogP contribution in [0.25, 0.3) is 0 Å². The van der Waals surface area contributed by atoms with Gasteiger partial charge in [0.25, 0.3) is 0 Å². The lowest BCUT2D eigenvalue weighted by atomic mass is 9.75. The number of carbonyl (C=O) groups is 3. The van der Waals surface area contributed by atoms with Gasteiger partial charge >= 0.3 is 5.97 Å². The van der Waals surface area contributed by atoms with E-state index in [0.29, 0.717) is 56.3 Å². The molecule has 3 aliphatic rings. The number of aliphatic carboxylic acids is 1. The zero-order chi connectivity index (χ0) is 35.0. The highest BCUT2D eigenvalue weighted by molar-refractivity contribution is 5.90. The first-order valence-electron chi connectivity index (χ1n) is 18.2. The molecule has 1 aliphatic carbocycles. The highest BCUT2D eigenvalue weighted by atomic mass is 16.7. The Bertz CT molecular complexity index is 1410. The number of hydrogen-bond acceptors (Lipinski definition) is 7. The number of hydrogen-bond donors (Lipinski definition) is 4. The standard InChI is InChI=1S/C39H55N3O7/c1-39(2,3)41-37(47)33-21-20-27-10-7-8-13-32(27)42(33)24-31-23-34(28-18-16-26(25-43)17-19-28)49-38(48-31)29-11-9-12-30(22-29)40-35(44)14-5-4-6-15-36(45)46/h9,11-12,16-19,22,27,31-34,38,43H,4-8,10,13-15,20-21,23-25H2,1-3H3,(H,40,44)(H,41,47)(H,45,46)/t27-,31+,32-,33-,34-,38-/m1/s1. The van der Waals surface area contributed by atoms with Crippen LogP contribution in [0.4, 0.5) is 5.69 Å². The molecule has 49 heavy (non-hydrogen) atoms. The lowest BCUT2D eigenvalue weighted by Crippen LogP contribution is -2.61. The van der Waals surface area contributed by atoms with Gasteiger partial charge < -0.3 is 30.3 Å². The van der Waals surface area contributed by atoms with Gasteiger partial charge in [-0.3, -0.25) is 19.3 Å². The average Bonchev–Trinajstić information content (AvgIpc) is 3.07. The van der Waals surface area contributed by atoms with Crippen LogP contribution in [0, 0.1) is 5.92 Å². The van der Waals surface area contributed by atoms with Crippen LogP contribution in [0.2, 0.25) is 0 Å². The molecule has 0 bridgehead atoms. The van der Waals surface area contributed by atoms with Crippen molar-refractivity contribution >= 4 is 23.5 Å². The predicted molar refractivity (Wildman–Crippen MR) is 188 cm³/mol. The zero-order valence-electron chi connectivity index (χ0n) is 29.4. The molecule has 4 N–H and O–H groups in total. The number of aliphatic hydroxyl groups excluding tert-OH is 1. The molecule has 2 saturated heterocycles. The molecule has 268 valence electrons. The van der Waals surface area contributed by atoms with Crippen molar-refractivity contribution in [3.05, 3.63) is 65.2 Å². The molecule has 2 aromatic rings. The van der Waals surface area contributed by atoms with Crippen molar-refractivity contribution in [2.45, 2.75) is 141 Å². The van der Waals surface area contributed by atoms with E-state index in [0.717, 1.165) is 36.0 Å². The van der Waals surface area contributed by atoms with Crippen LogP contribution in [0.3, 0.4) is 0 Å². The summed E-state index contributed by atoms with van der Waals surface area (Å²) in [5.74, 6) is -0.270. The fraction of sp³-hybridized carbons (Fsp3) is 0.615. The van der Waals surface area contributed by atoms with Crippen molar-refractivity contribution in [1.82, 2.24) is 10.2 Å². The summed E-state index contributed by atoms with van der Waals surface area (Å²) in [6, 6.07) is 15.5. The van der Waals surface area contributed by atoms with Crippen LogP contribution in [0.5, 0.6) is 0 Å². The molecule has 2 aliphatic heterocycles. The van der Waals surface area contributed by atoms with Crippen LogP contribution in [-0.4, -0.2) is 63.2 Å². The van der Waals surface area contributed by atoms with Crippen LogP contribution in [-0.2, 0) is 30.5 Å². The summed E-state index contributed by atoms with van der Waals surface area (Å²) in [5.41, 5.74) is 2.94. The first-order valence-corrected chi connectivity index (χ1v) is 18.2. The lowest BCUT2D eigenvalue weighted by molar-refractivity contribution is -0.255. The first kappa shape index (κ1) is 37.0. The fourth-order valence-electron chi connectivity index (χ4n) is 7.72. The normalized spacial score (nSPS) is 26.0. The topological polar surface area (TPSA) is 137 Å². The van der Waals surface area contributed by atoms with E-state index in [1.807, 2.05) is 69.3 Å². The molecule has 6 atom stereocenters. The van der Waals surface area contributed by atoms with Crippen LogP contribution < -0.4 is 10.6 Å². The molecule has 2 amide bonds. The minimum absolute atomic E-state index is 0.0312. The molecule has 10 nitrogen and oxygen atoms in total. The third-order valence-electron chi connectivity index (χ3n) is 10.1. The van der Waals surface area contributed by atoms with Gasteiger partial charge in [0.05, 0.1) is 24.9 Å². The van der Waals surface area contributed by atoms with Crippen molar-refractivity contribution in [2.75, 3.05) is 11.9 Å². The van der Waals surface area contributed by atoms with Gasteiger partial charge in [-0.2, -0.15) is 0 Å². The molecular weight excluding hydrogens is 622 g/mol. The maximum atomic E-state index is 13.7. The number of amides is 2. The average molecular weight is 678 g/mol. The van der Waals surface area contributed by atoms with E-state index in [2.05, 4.69) is 15.5 Å². The van der Waals surface area contributed by atoms with E-state index in [1.165, 1.54) is 19.3 Å². The zero-order valence-corrected chi connectivity index (χ0v) is 29.4. The molecular formula is C39H55N3O7. The largest absolute Gasteiger partial charge is 0.481 e. The van der Waals surface area contributed by atoms with Crippen molar-refractivity contribution in [2.24, 2.45) is 5.92 Å². The van der Waals surface area contributed by atoms with Crippen molar-refractivity contribution in [3.8, 4) is 0 Å². The van der Waals surface area contributed by atoms with Gasteiger partial charge in [0, 0.05) is 48.6 Å². The Hall–Kier alpha value is -3.31. The maximum absolute atomic E-state index is 13.7. The number of rotatable bonds is 13. The number of likely N-dealkylation sites (tertiary alicyclic amines) is 1. The molecule has 0 radical (unpaired) electrons. The lowest BCUT2D eigenvalue weighted by Gasteiger charge is -2.50. The molecule has 0 aromatic heterocycles. The second-order valence-corrected chi connectivity index (χ2v) is 15.1. The molecule has 0 spiro atoms. The molecule has 3 fully saturated rings. The Morgan fingerprint density at radius 1 is 0.898 bits per heavy atom. The summed E-state index contributed by atoms with van der Waals surface area (Å²) in [5, 5.41) is 24.7. The van der Waals surface area contributed by atoms with E-state index >= 15 is 0 Å². The van der Waals surface area contributed by atoms with Gasteiger partial charge in [-0.25, -0.2) is 0 Å². The number of ether oxygens (including phenoxy) is 2. The van der Waals surface area contributed by atoms with E-state index in [1.54, 1.807) is 0 Å². The van der Waals surface area contributed by atoms with Crippen LogP contribution in [0.1, 0.15) is 127 Å². The number of piperidine rings is 1. The number of nitrogens with zero attached hydrogens (tertiary/aromatic N) is 1. The molecule has 10 heteroatoms. The fourth-order valence-corrected chi connectivity index (χ4v) is 7.72. The molecule has 0 unspecified atom stereocenters. The number of aliphatic hydroxyl groups is 1. The number of carboxylic acids is 1. The number of carboxylic acid groups (broad SMARTS) is 1. The van der Waals surface area contributed by atoms with Gasteiger partial charge in [0.15, 0.2) is 6.29 Å². The number of anilines is 1. The third kappa shape index (κ3) is 10.6. The Kier molecular flexibility index (Phi) is 12.9. The summed E-state index contributed by atoms with van der Waals surface area (Å²) in [4.78, 5) is 39.6. The Morgan fingerprint density at radius 2 is 1.65 bits per heavy atom. The summed E-state index contributed by atoms with van der Waals surface area (Å²) >= 11 is 0. The van der Waals surface area contributed by atoms with E-state index in [4.69, 9.17) is 14.6 Å². The summed E-state index contributed by atoms with van der Waals surface area (Å²) in [6.45, 7) is 6.67. The Morgan fingerprint density at radius 3 is 2.39 bits per heavy atom. The first-order chi connectivity index (χ1) is 23.5. The molecule has 2 heterocycles. The Balaban J connectivity index is 1.35.